The molecule has 18 heavy (non-hydrogen) atoms. The zero-order valence-electron chi connectivity index (χ0n) is 9.59. The number of nitrogens with one attached hydrogen (secondary N) is 1. The molecule has 4 N–H and O–H groups in total. The van der Waals surface area contributed by atoms with E-state index in [1.807, 2.05) is 0 Å². The highest BCUT2D eigenvalue weighted by atomic mass is 32.2. The van der Waals surface area contributed by atoms with Crippen molar-refractivity contribution >= 4 is 27.2 Å². The summed E-state index contributed by atoms with van der Waals surface area (Å²) in [5.41, 5.74) is 6.72. The van der Waals surface area contributed by atoms with Gasteiger partial charge in [-0.05, 0) is 24.6 Å². The number of carboxylic acids is 1. The van der Waals surface area contributed by atoms with Gasteiger partial charge in [-0.3, -0.25) is 0 Å². The topological polar surface area (TPSA) is 109 Å². The third-order valence-corrected chi connectivity index (χ3v) is 4.66. The Hall–Kier alpha value is -1.76. The van der Waals surface area contributed by atoms with Gasteiger partial charge in [-0.15, -0.1) is 0 Å². The number of hydrogen-bond donors (Lipinski definition) is 3. The zero-order valence-corrected chi connectivity index (χ0v) is 10.4. The first-order valence-corrected chi connectivity index (χ1v) is 7.29. The van der Waals surface area contributed by atoms with Crippen LogP contribution in [0.5, 0.6) is 0 Å². The minimum Gasteiger partial charge on any atom is -0.478 e. The molecular formula is C11H14N2O4S. The summed E-state index contributed by atoms with van der Waals surface area (Å²) in [4.78, 5) is 10.8. The minimum absolute atomic E-state index is 0.0593. The molecule has 1 aromatic carbocycles. The van der Waals surface area contributed by atoms with Crippen molar-refractivity contribution in [1.82, 2.24) is 0 Å². The van der Waals surface area contributed by atoms with E-state index in [0.29, 0.717) is 17.8 Å². The maximum Gasteiger partial charge on any atom is 0.335 e. The predicted molar refractivity (Wildman–Crippen MR) is 68.5 cm³/mol. The van der Waals surface area contributed by atoms with Gasteiger partial charge in [-0.2, -0.15) is 0 Å². The molecule has 98 valence electrons. The first-order valence-electron chi connectivity index (χ1n) is 5.47. The number of hydrogen-bond acceptors (Lipinski definition) is 5. The Balaban J connectivity index is 2.19. The van der Waals surface area contributed by atoms with Gasteiger partial charge >= 0.3 is 5.97 Å². The number of nitrogens with two attached hydrogens (primary N) is 1. The number of rotatable bonds is 3. The van der Waals surface area contributed by atoms with Crippen LogP contribution in [0.2, 0.25) is 0 Å². The van der Waals surface area contributed by atoms with E-state index in [4.69, 9.17) is 10.8 Å². The predicted octanol–water partition coefficient (Wildman–Crippen LogP) is 0.566. The van der Waals surface area contributed by atoms with Gasteiger partial charge in [0.15, 0.2) is 9.84 Å². The summed E-state index contributed by atoms with van der Waals surface area (Å²) in [5.74, 6) is -0.829. The fraction of sp³-hybridized carbons (Fsp3) is 0.364. The number of sulfone groups is 1. The molecule has 0 radical (unpaired) electrons. The lowest BCUT2D eigenvalue weighted by atomic mass is 10.1. The zero-order chi connectivity index (χ0) is 13.3. The van der Waals surface area contributed by atoms with Gasteiger partial charge in [-0.25, -0.2) is 13.2 Å². The van der Waals surface area contributed by atoms with Crippen LogP contribution in [0, 0.1) is 0 Å². The summed E-state index contributed by atoms with van der Waals surface area (Å²) in [6, 6.07) is 4.12. The number of carbonyl (C=O) groups is 1. The fourth-order valence-electron chi connectivity index (χ4n) is 1.94. The third-order valence-electron chi connectivity index (χ3n) is 2.89. The molecule has 1 aliphatic rings. The average Bonchev–Trinajstić information content (AvgIpc) is 2.61. The van der Waals surface area contributed by atoms with E-state index in [2.05, 4.69) is 5.32 Å². The maximum atomic E-state index is 11.3. The van der Waals surface area contributed by atoms with Crippen molar-refractivity contribution in [2.24, 2.45) is 0 Å². The molecule has 1 atom stereocenters. The number of carboxylic acid groups (broad SMARTS) is 1. The Morgan fingerprint density at radius 2 is 2.17 bits per heavy atom. The van der Waals surface area contributed by atoms with Crippen molar-refractivity contribution in [3.8, 4) is 0 Å². The van der Waals surface area contributed by atoms with E-state index >= 15 is 0 Å². The molecule has 6 nitrogen and oxygen atoms in total. The Kier molecular flexibility index (Phi) is 3.16. The Morgan fingerprint density at radius 1 is 1.44 bits per heavy atom. The van der Waals surface area contributed by atoms with Crippen molar-refractivity contribution in [3.05, 3.63) is 23.8 Å². The van der Waals surface area contributed by atoms with Crippen LogP contribution in [-0.4, -0.2) is 37.0 Å². The van der Waals surface area contributed by atoms with Gasteiger partial charge in [0.1, 0.15) is 0 Å². The molecule has 1 heterocycles. The monoisotopic (exact) mass is 270 g/mol. The SMILES string of the molecule is Nc1ccc(C(=O)O)cc1NC1CCS(=O)(=O)C1. The lowest BCUT2D eigenvalue weighted by Crippen LogP contribution is -2.21. The van der Waals surface area contributed by atoms with Crippen LogP contribution in [0.15, 0.2) is 18.2 Å². The van der Waals surface area contributed by atoms with Crippen LogP contribution in [-0.2, 0) is 9.84 Å². The largest absolute Gasteiger partial charge is 0.478 e. The maximum absolute atomic E-state index is 11.3. The summed E-state index contributed by atoms with van der Waals surface area (Å²) in [6.07, 6.45) is 0.513. The van der Waals surface area contributed by atoms with Crippen molar-refractivity contribution < 1.29 is 18.3 Å². The summed E-state index contributed by atoms with van der Waals surface area (Å²) < 4.78 is 22.7. The van der Waals surface area contributed by atoms with Gasteiger partial charge in [0.25, 0.3) is 0 Å². The standard InChI is InChI=1S/C11H14N2O4S/c12-9-2-1-7(11(14)15)5-10(9)13-8-3-4-18(16,17)6-8/h1-2,5,8,13H,3-4,6,12H2,(H,14,15). The van der Waals surface area contributed by atoms with Crippen LogP contribution in [0.1, 0.15) is 16.8 Å². The quantitative estimate of drug-likeness (QED) is 0.692. The molecule has 1 aromatic rings. The van der Waals surface area contributed by atoms with Crippen LogP contribution in [0.3, 0.4) is 0 Å². The molecule has 1 aliphatic heterocycles. The summed E-state index contributed by atoms with van der Waals surface area (Å²) in [5, 5.41) is 11.9. The minimum atomic E-state index is -2.97. The van der Waals surface area contributed by atoms with E-state index in [0.717, 1.165) is 0 Å². The second-order valence-corrected chi connectivity index (χ2v) is 6.58. The lowest BCUT2D eigenvalue weighted by Gasteiger charge is -2.14. The highest BCUT2D eigenvalue weighted by Crippen LogP contribution is 2.24. The summed E-state index contributed by atoms with van der Waals surface area (Å²) in [7, 11) is -2.97. The van der Waals surface area contributed by atoms with Crippen molar-refractivity contribution in [2.75, 3.05) is 22.6 Å². The summed E-state index contributed by atoms with van der Waals surface area (Å²) in [6.45, 7) is 0. The van der Waals surface area contributed by atoms with Crippen LogP contribution >= 0.6 is 0 Å². The third kappa shape index (κ3) is 2.73. The van der Waals surface area contributed by atoms with Gasteiger partial charge in [0, 0.05) is 6.04 Å². The molecule has 1 saturated heterocycles. The van der Waals surface area contributed by atoms with E-state index in [1.165, 1.54) is 18.2 Å². The molecule has 1 unspecified atom stereocenters. The number of anilines is 2. The van der Waals surface area contributed by atoms with E-state index in [1.54, 1.807) is 0 Å². The van der Waals surface area contributed by atoms with Crippen LogP contribution in [0.25, 0.3) is 0 Å². The van der Waals surface area contributed by atoms with Crippen molar-refractivity contribution in [1.29, 1.82) is 0 Å². The molecule has 0 spiro atoms. The number of benzene rings is 1. The average molecular weight is 270 g/mol. The van der Waals surface area contributed by atoms with Gasteiger partial charge < -0.3 is 16.2 Å². The second kappa shape index (κ2) is 4.49. The highest BCUT2D eigenvalue weighted by molar-refractivity contribution is 7.91. The highest BCUT2D eigenvalue weighted by Gasteiger charge is 2.28. The van der Waals surface area contributed by atoms with Gasteiger partial charge in [0.2, 0.25) is 0 Å². The number of aromatic carboxylic acids is 1. The van der Waals surface area contributed by atoms with Gasteiger partial charge in [-0.1, -0.05) is 0 Å². The van der Waals surface area contributed by atoms with E-state index in [9.17, 15) is 13.2 Å². The molecule has 0 saturated carbocycles. The molecular weight excluding hydrogens is 256 g/mol. The van der Waals surface area contributed by atoms with E-state index < -0.39 is 15.8 Å². The molecule has 0 aliphatic carbocycles. The molecule has 0 amide bonds. The number of nitrogen functional groups attached to an aromatic ring is 1. The molecule has 0 aromatic heterocycles. The Morgan fingerprint density at radius 3 is 2.72 bits per heavy atom. The lowest BCUT2D eigenvalue weighted by molar-refractivity contribution is 0.0697. The smallest absolute Gasteiger partial charge is 0.335 e. The molecule has 1 fully saturated rings. The fourth-order valence-corrected chi connectivity index (χ4v) is 3.62. The Bertz CT molecular complexity index is 583. The first kappa shape index (κ1) is 12.7. The first-order chi connectivity index (χ1) is 8.37. The normalized spacial score (nSPS) is 21.7. The Labute approximate surface area is 105 Å². The van der Waals surface area contributed by atoms with Gasteiger partial charge in [0.05, 0.1) is 28.4 Å². The molecule has 0 bridgehead atoms. The second-order valence-electron chi connectivity index (χ2n) is 4.35. The van der Waals surface area contributed by atoms with Crippen molar-refractivity contribution in [2.45, 2.75) is 12.5 Å². The molecule has 7 heteroatoms. The summed E-state index contributed by atoms with van der Waals surface area (Å²) >= 11 is 0. The van der Waals surface area contributed by atoms with Crippen molar-refractivity contribution in [3.63, 3.8) is 0 Å². The van der Waals surface area contributed by atoms with Crippen LogP contribution in [0.4, 0.5) is 11.4 Å². The van der Waals surface area contributed by atoms with E-state index in [-0.39, 0.29) is 23.1 Å². The molecule has 2 rings (SSSR count). The van der Waals surface area contributed by atoms with Crippen LogP contribution < -0.4 is 11.1 Å².